The van der Waals surface area contributed by atoms with Crippen molar-refractivity contribution < 1.29 is 9.15 Å². The molecule has 7 rings (SSSR count). The van der Waals surface area contributed by atoms with E-state index in [0.29, 0.717) is 24.3 Å². The zero-order valence-corrected chi connectivity index (χ0v) is 21.8. The highest BCUT2D eigenvalue weighted by molar-refractivity contribution is 7.18. The first-order valence-electron chi connectivity index (χ1n) is 13.3. The van der Waals surface area contributed by atoms with Gasteiger partial charge >= 0.3 is 0 Å². The van der Waals surface area contributed by atoms with Crippen LogP contribution in [0.15, 0.2) is 52.1 Å². The van der Waals surface area contributed by atoms with Crippen molar-refractivity contribution in [2.45, 2.75) is 69.7 Å². The van der Waals surface area contributed by atoms with Gasteiger partial charge in [-0.05, 0) is 103 Å². The average Bonchev–Trinajstić information content (AvgIpc) is 3.60. The van der Waals surface area contributed by atoms with Gasteiger partial charge in [-0.25, -0.2) is 4.98 Å². The second-order valence-electron chi connectivity index (χ2n) is 11.1. The fraction of sp³-hybridized carbons (Fsp3) is 0.467. The number of aromatic nitrogens is 2. The second kappa shape index (κ2) is 8.34. The van der Waals surface area contributed by atoms with Crippen LogP contribution in [0.1, 0.15) is 65.9 Å². The number of thiophene rings is 1. The maximum atomic E-state index is 13.8. The quantitative estimate of drug-likeness (QED) is 0.324. The Bertz CT molecular complexity index is 1500. The lowest BCUT2D eigenvalue weighted by molar-refractivity contribution is 0.106. The Kier molecular flexibility index (Phi) is 5.18. The predicted molar refractivity (Wildman–Crippen MR) is 142 cm³/mol. The van der Waals surface area contributed by atoms with Gasteiger partial charge < -0.3 is 9.15 Å². The number of nitrogens with zero attached hydrogens (tertiary/aromatic N) is 2. The summed E-state index contributed by atoms with van der Waals surface area (Å²) < 4.78 is 12.8. The van der Waals surface area contributed by atoms with Gasteiger partial charge in [0.15, 0.2) is 0 Å². The molecule has 0 radical (unpaired) electrons. The van der Waals surface area contributed by atoms with Crippen molar-refractivity contribution in [1.82, 2.24) is 9.55 Å². The van der Waals surface area contributed by atoms with E-state index in [9.17, 15) is 4.79 Å². The first-order valence-corrected chi connectivity index (χ1v) is 14.1. The Balaban J connectivity index is 1.21. The van der Waals surface area contributed by atoms with Crippen molar-refractivity contribution in [3.63, 3.8) is 0 Å². The highest BCUT2D eigenvalue weighted by Gasteiger charge is 2.54. The van der Waals surface area contributed by atoms with Crippen molar-refractivity contribution in [2.75, 3.05) is 7.11 Å². The van der Waals surface area contributed by atoms with E-state index < -0.39 is 0 Å². The van der Waals surface area contributed by atoms with E-state index in [1.165, 1.54) is 34.4 Å². The van der Waals surface area contributed by atoms with E-state index in [1.807, 2.05) is 16.7 Å². The van der Waals surface area contributed by atoms with Crippen LogP contribution in [0, 0.1) is 11.8 Å². The Morgan fingerprint density at radius 3 is 3.03 bits per heavy atom. The van der Waals surface area contributed by atoms with Crippen LogP contribution in [-0.4, -0.2) is 16.7 Å². The van der Waals surface area contributed by atoms with E-state index in [1.54, 1.807) is 31.0 Å². The monoisotopic (exact) mass is 500 g/mol. The SMILES string of the molecule is COc1ccc2c(c1)CC[C@@H]1[C@@H]2CC[C@@]2(C)c3c(sc4ncn(CCCc5ccco5)c(=O)c34)C[C@H]12. The lowest BCUT2D eigenvalue weighted by Gasteiger charge is -2.49. The number of fused-ring (bicyclic) bond motifs is 9. The molecule has 0 saturated heterocycles. The van der Waals surface area contributed by atoms with Crippen LogP contribution < -0.4 is 10.3 Å². The molecule has 0 spiro atoms. The van der Waals surface area contributed by atoms with E-state index in [4.69, 9.17) is 14.1 Å². The lowest BCUT2D eigenvalue weighted by Crippen LogP contribution is -2.43. The smallest absolute Gasteiger partial charge is 0.262 e. The number of methoxy groups -OCH3 is 1. The molecule has 0 unspecified atom stereocenters. The molecule has 0 bridgehead atoms. The molecule has 3 aromatic heterocycles. The van der Waals surface area contributed by atoms with Gasteiger partial charge in [0.25, 0.3) is 5.56 Å². The van der Waals surface area contributed by atoms with E-state index >= 15 is 0 Å². The van der Waals surface area contributed by atoms with Crippen molar-refractivity contribution in [1.29, 1.82) is 0 Å². The van der Waals surface area contributed by atoms with Crippen LogP contribution in [0.3, 0.4) is 0 Å². The zero-order valence-electron chi connectivity index (χ0n) is 21.0. The van der Waals surface area contributed by atoms with E-state index in [0.717, 1.165) is 53.8 Å². The minimum Gasteiger partial charge on any atom is -0.497 e. The molecular weight excluding hydrogens is 468 g/mol. The van der Waals surface area contributed by atoms with Crippen molar-refractivity contribution in [2.24, 2.45) is 11.8 Å². The van der Waals surface area contributed by atoms with Gasteiger partial charge in [-0.1, -0.05) is 13.0 Å². The summed E-state index contributed by atoms with van der Waals surface area (Å²) in [6, 6.07) is 10.6. The van der Waals surface area contributed by atoms with Gasteiger partial charge in [0.05, 0.1) is 25.1 Å². The number of aryl methyl sites for hydroxylation is 3. The summed E-state index contributed by atoms with van der Waals surface area (Å²) in [6.07, 6.45) is 10.9. The van der Waals surface area contributed by atoms with Gasteiger partial charge in [-0.15, -0.1) is 11.3 Å². The molecule has 4 atom stereocenters. The molecule has 3 heterocycles. The van der Waals surface area contributed by atoms with Crippen molar-refractivity contribution >= 4 is 21.6 Å². The third-order valence-electron chi connectivity index (χ3n) is 9.45. The summed E-state index contributed by atoms with van der Waals surface area (Å²) >= 11 is 1.77. The molecule has 4 aromatic rings. The van der Waals surface area contributed by atoms with Gasteiger partial charge in [0.1, 0.15) is 16.3 Å². The summed E-state index contributed by atoms with van der Waals surface area (Å²) in [4.78, 5) is 20.9. The standard InChI is InChI=1S/C30H32N2O3S/c1-30-12-11-22-21-10-8-20(34-2)15-18(21)7-9-23(22)24(30)16-25-27(30)26-28(36-25)31-17-32(29(26)33)13-3-5-19-6-4-14-35-19/h4,6,8,10,14-15,17,22-24H,3,5,7,9,11-13,16H2,1-2H3/t22-,23-,24-,30-/m1/s1. The number of furan rings is 1. The molecule has 3 aliphatic carbocycles. The molecule has 1 aromatic carbocycles. The summed E-state index contributed by atoms with van der Waals surface area (Å²) in [5.74, 6) is 3.83. The van der Waals surface area contributed by atoms with Gasteiger partial charge in [-0.2, -0.15) is 0 Å². The Hall–Kier alpha value is -2.86. The number of benzene rings is 1. The second-order valence-corrected chi connectivity index (χ2v) is 12.2. The number of rotatable bonds is 5. The maximum Gasteiger partial charge on any atom is 0.262 e. The molecule has 6 heteroatoms. The Morgan fingerprint density at radius 2 is 2.19 bits per heavy atom. The van der Waals surface area contributed by atoms with Crippen LogP contribution in [0.4, 0.5) is 0 Å². The summed E-state index contributed by atoms with van der Waals surface area (Å²) in [5.41, 5.74) is 4.55. The molecule has 0 aliphatic heterocycles. The molecule has 186 valence electrons. The van der Waals surface area contributed by atoms with Crippen LogP contribution in [0.25, 0.3) is 10.2 Å². The highest BCUT2D eigenvalue weighted by atomic mass is 32.1. The van der Waals surface area contributed by atoms with E-state index in [2.05, 4.69) is 25.1 Å². The molecule has 3 aliphatic rings. The van der Waals surface area contributed by atoms with Crippen molar-refractivity contribution in [3.05, 3.63) is 80.6 Å². The first kappa shape index (κ1) is 22.3. The van der Waals surface area contributed by atoms with Gasteiger partial charge in [0, 0.05) is 17.8 Å². The number of hydrogen-bond donors (Lipinski definition) is 0. The van der Waals surface area contributed by atoms with Crippen LogP contribution in [0.5, 0.6) is 5.75 Å². The van der Waals surface area contributed by atoms with Crippen molar-refractivity contribution in [3.8, 4) is 5.75 Å². The zero-order chi connectivity index (χ0) is 24.4. The largest absolute Gasteiger partial charge is 0.497 e. The summed E-state index contributed by atoms with van der Waals surface area (Å²) in [7, 11) is 1.75. The molecule has 0 N–H and O–H groups in total. The summed E-state index contributed by atoms with van der Waals surface area (Å²) in [5, 5.41) is 0.903. The van der Waals surface area contributed by atoms with Gasteiger partial charge in [-0.3, -0.25) is 9.36 Å². The molecule has 5 nitrogen and oxygen atoms in total. The predicted octanol–water partition coefficient (Wildman–Crippen LogP) is 6.26. The maximum absolute atomic E-state index is 13.8. The Morgan fingerprint density at radius 1 is 1.28 bits per heavy atom. The van der Waals surface area contributed by atoms with Crippen LogP contribution in [0.2, 0.25) is 0 Å². The molecular formula is C30H32N2O3S. The Labute approximate surface area is 215 Å². The third kappa shape index (κ3) is 3.26. The lowest BCUT2D eigenvalue weighted by atomic mass is 9.55. The van der Waals surface area contributed by atoms with Crippen LogP contribution >= 0.6 is 11.3 Å². The minimum atomic E-state index is 0.0624. The summed E-state index contributed by atoms with van der Waals surface area (Å²) in [6.45, 7) is 3.11. The average molecular weight is 501 g/mol. The topological polar surface area (TPSA) is 57.3 Å². The normalized spacial score (nSPS) is 26.3. The fourth-order valence-electron chi connectivity index (χ4n) is 7.75. The number of ether oxygens (including phenoxy) is 1. The fourth-order valence-corrected chi connectivity index (χ4v) is 9.08. The molecule has 1 fully saturated rings. The molecule has 1 saturated carbocycles. The van der Waals surface area contributed by atoms with Gasteiger partial charge in [0.2, 0.25) is 0 Å². The van der Waals surface area contributed by atoms with E-state index in [-0.39, 0.29) is 11.0 Å². The molecule has 36 heavy (non-hydrogen) atoms. The van der Waals surface area contributed by atoms with Crippen LogP contribution in [-0.2, 0) is 31.2 Å². The highest BCUT2D eigenvalue weighted by Crippen LogP contribution is 2.62. The minimum absolute atomic E-state index is 0.0624. The molecule has 0 amide bonds. The first-order chi connectivity index (χ1) is 17.6. The third-order valence-corrected chi connectivity index (χ3v) is 10.6. The number of hydrogen-bond acceptors (Lipinski definition) is 5.